The number of carbonyl (C=O) groups is 2. The van der Waals surface area contributed by atoms with Crippen LogP contribution in [0.15, 0.2) is 42.5 Å². The second-order valence-electron chi connectivity index (χ2n) is 6.30. The number of hydrogen-bond donors (Lipinski definition) is 2. The molecule has 0 radical (unpaired) electrons. The molecule has 2 N–H and O–H groups in total. The summed E-state index contributed by atoms with van der Waals surface area (Å²) in [4.78, 5) is 22.9. The van der Waals surface area contributed by atoms with Crippen molar-refractivity contribution in [3.05, 3.63) is 59.2 Å². The third-order valence-corrected chi connectivity index (χ3v) is 4.66. The first-order valence-corrected chi connectivity index (χ1v) is 8.31. The molecule has 3 aromatic carbocycles. The van der Waals surface area contributed by atoms with Crippen molar-refractivity contribution in [2.75, 3.05) is 6.79 Å². The van der Waals surface area contributed by atoms with Crippen molar-refractivity contribution < 1.29 is 38.7 Å². The Morgan fingerprint density at radius 2 is 1.54 bits per heavy atom. The number of aromatic carboxylic acids is 2. The van der Waals surface area contributed by atoms with Crippen molar-refractivity contribution in [1.29, 1.82) is 0 Å². The second kappa shape index (κ2) is 5.78. The van der Waals surface area contributed by atoms with E-state index in [1.54, 1.807) is 30.3 Å². The highest BCUT2D eigenvalue weighted by Crippen LogP contribution is 2.47. The second-order valence-corrected chi connectivity index (χ2v) is 6.30. The Balaban J connectivity index is 1.58. The zero-order valence-electron chi connectivity index (χ0n) is 14.2. The number of rotatable bonds is 3. The van der Waals surface area contributed by atoms with Crippen LogP contribution in [-0.2, 0) is 0 Å². The summed E-state index contributed by atoms with van der Waals surface area (Å²) < 4.78 is 22.5. The van der Waals surface area contributed by atoms with Crippen molar-refractivity contribution in [3.63, 3.8) is 0 Å². The highest BCUT2D eigenvalue weighted by Gasteiger charge is 2.30. The molecule has 140 valence electrons. The fraction of sp³-hybridized carbons (Fsp3) is 0.100. The average Bonchev–Trinajstić information content (AvgIpc) is 3.32. The number of benzene rings is 3. The summed E-state index contributed by atoms with van der Waals surface area (Å²) in [5, 5.41) is 19.7. The topological polar surface area (TPSA) is 112 Å². The van der Waals surface area contributed by atoms with Crippen LogP contribution < -0.4 is 18.9 Å². The van der Waals surface area contributed by atoms with Crippen molar-refractivity contribution in [3.8, 4) is 23.0 Å². The molecule has 0 amide bonds. The number of hydrogen-bond acceptors (Lipinski definition) is 6. The van der Waals surface area contributed by atoms with Gasteiger partial charge >= 0.3 is 11.9 Å². The standard InChI is InChI=1S/C20H12O8/c21-18(22)12-5-9-1-4-15-17(11(9)7-13(12)19(23)24)28-20(27-15)10-2-3-14-16(6-10)26-8-25-14/h1-7,20H,8H2,(H,21,22)(H,23,24). The molecule has 0 saturated heterocycles. The van der Waals surface area contributed by atoms with E-state index in [0.717, 1.165) is 0 Å². The van der Waals surface area contributed by atoms with Gasteiger partial charge in [-0.05, 0) is 41.8 Å². The molecule has 0 aromatic heterocycles. The summed E-state index contributed by atoms with van der Waals surface area (Å²) in [5.74, 6) is -0.616. The summed E-state index contributed by atoms with van der Waals surface area (Å²) in [6.45, 7) is 0.153. The summed E-state index contributed by atoms with van der Waals surface area (Å²) in [7, 11) is 0. The van der Waals surface area contributed by atoms with E-state index in [2.05, 4.69) is 0 Å². The van der Waals surface area contributed by atoms with Crippen LogP contribution in [0.25, 0.3) is 10.8 Å². The molecule has 2 aliphatic heterocycles. The van der Waals surface area contributed by atoms with Crippen LogP contribution >= 0.6 is 0 Å². The summed E-state index contributed by atoms with van der Waals surface area (Å²) in [6, 6.07) is 11.2. The van der Waals surface area contributed by atoms with E-state index < -0.39 is 18.2 Å². The van der Waals surface area contributed by atoms with Gasteiger partial charge in [0.25, 0.3) is 6.29 Å². The maximum atomic E-state index is 11.5. The SMILES string of the molecule is O=C(O)c1cc2ccc3c(c2cc1C(=O)O)OC(c1ccc2c(c1)OCO2)O3. The normalized spacial score (nSPS) is 16.4. The van der Waals surface area contributed by atoms with E-state index in [1.807, 2.05) is 0 Å². The minimum absolute atomic E-state index is 0.153. The highest BCUT2D eigenvalue weighted by atomic mass is 16.7. The van der Waals surface area contributed by atoms with Crippen LogP contribution in [0.2, 0.25) is 0 Å². The number of carboxylic acid groups (broad SMARTS) is 2. The van der Waals surface area contributed by atoms with Gasteiger partial charge in [-0.25, -0.2) is 9.59 Å². The lowest BCUT2D eigenvalue weighted by Gasteiger charge is -2.11. The van der Waals surface area contributed by atoms with E-state index in [9.17, 15) is 19.8 Å². The Morgan fingerprint density at radius 3 is 2.32 bits per heavy atom. The lowest BCUT2D eigenvalue weighted by molar-refractivity contribution is 0.0492. The third-order valence-electron chi connectivity index (χ3n) is 4.66. The zero-order valence-corrected chi connectivity index (χ0v) is 14.2. The van der Waals surface area contributed by atoms with E-state index in [0.29, 0.717) is 39.3 Å². The third kappa shape index (κ3) is 2.38. The summed E-state index contributed by atoms with van der Waals surface area (Å²) >= 11 is 0. The molecular weight excluding hydrogens is 368 g/mol. The molecule has 8 heteroatoms. The van der Waals surface area contributed by atoms with Crippen LogP contribution in [0.1, 0.15) is 32.6 Å². The summed E-state index contributed by atoms with van der Waals surface area (Å²) in [6.07, 6.45) is -0.748. The van der Waals surface area contributed by atoms with Crippen LogP contribution in [0, 0.1) is 0 Å². The first-order valence-electron chi connectivity index (χ1n) is 8.31. The fourth-order valence-electron chi connectivity index (χ4n) is 3.34. The smallest absolute Gasteiger partial charge is 0.336 e. The van der Waals surface area contributed by atoms with Crippen LogP contribution in [0.4, 0.5) is 0 Å². The van der Waals surface area contributed by atoms with Gasteiger partial charge in [-0.1, -0.05) is 6.07 Å². The van der Waals surface area contributed by atoms with Crippen molar-refractivity contribution >= 4 is 22.7 Å². The minimum atomic E-state index is -1.33. The molecule has 3 aromatic rings. The molecule has 28 heavy (non-hydrogen) atoms. The molecule has 2 heterocycles. The molecule has 5 rings (SSSR count). The van der Waals surface area contributed by atoms with Gasteiger partial charge in [0.15, 0.2) is 23.0 Å². The molecule has 0 saturated carbocycles. The Morgan fingerprint density at radius 1 is 0.821 bits per heavy atom. The Bertz CT molecular complexity index is 1170. The van der Waals surface area contributed by atoms with Gasteiger partial charge in [0.05, 0.1) is 11.1 Å². The summed E-state index contributed by atoms with van der Waals surface area (Å²) in [5.41, 5.74) is 0.101. The predicted molar refractivity (Wildman–Crippen MR) is 94.4 cm³/mol. The number of carboxylic acids is 2. The van der Waals surface area contributed by atoms with E-state index in [4.69, 9.17) is 18.9 Å². The lowest BCUT2D eigenvalue weighted by atomic mass is 10.00. The van der Waals surface area contributed by atoms with E-state index in [-0.39, 0.29) is 17.9 Å². The van der Waals surface area contributed by atoms with Gasteiger partial charge in [-0.15, -0.1) is 0 Å². The van der Waals surface area contributed by atoms with Gasteiger partial charge in [0.2, 0.25) is 6.79 Å². The Labute approximate surface area is 157 Å². The predicted octanol–water partition coefficient (Wildman–Crippen LogP) is 3.43. The Kier molecular flexibility index (Phi) is 3.35. The van der Waals surface area contributed by atoms with Gasteiger partial charge in [0.1, 0.15) is 0 Å². The molecular formula is C20H12O8. The van der Waals surface area contributed by atoms with Gasteiger partial charge in [0, 0.05) is 10.9 Å². The molecule has 8 nitrogen and oxygen atoms in total. The van der Waals surface area contributed by atoms with Gasteiger partial charge < -0.3 is 29.2 Å². The monoisotopic (exact) mass is 380 g/mol. The number of fused-ring (bicyclic) bond motifs is 4. The van der Waals surface area contributed by atoms with Gasteiger partial charge in [-0.3, -0.25) is 0 Å². The van der Waals surface area contributed by atoms with Crippen LogP contribution in [0.5, 0.6) is 23.0 Å². The largest absolute Gasteiger partial charge is 0.478 e. The van der Waals surface area contributed by atoms with Crippen molar-refractivity contribution in [2.24, 2.45) is 0 Å². The highest BCUT2D eigenvalue weighted by molar-refractivity contribution is 6.07. The molecule has 1 unspecified atom stereocenters. The first-order chi connectivity index (χ1) is 13.5. The van der Waals surface area contributed by atoms with Crippen molar-refractivity contribution in [2.45, 2.75) is 6.29 Å². The maximum Gasteiger partial charge on any atom is 0.336 e. The van der Waals surface area contributed by atoms with Crippen LogP contribution in [-0.4, -0.2) is 28.9 Å². The molecule has 0 spiro atoms. The molecule has 1 atom stereocenters. The number of ether oxygens (including phenoxy) is 4. The lowest BCUT2D eigenvalue weighted by Crippen LogP contribution is -2.08. The molecule has 2 aliphatic rings. The molecule has 0 bridgehead atoms. The Hall–Kier alpha value is -3.94. The average molecular weight is 380 g/mol. The van der Waals surface area contributed by atoms with E-state index >= 15 is 0 Å². The van der Waals surface area contributed by atoms with E-state index in [1.165, 1.54) is 12.1 Å². The zero-order chi connectivity index (χ0) is 19.4. The fourth-order valence-corrected chi connectivity index (χ4v) is 3.34. The minimum Gasteiger partial charge on any atom is -0.478 e. The van der Waals surface area contributed by atoms with Crippen LogP contribution in [0.3, 0.4) is 0 Å². The van der Waals surface area contributed by atoms with Crippen molar-refractivity contribution in [1.82, 2.24) is 0 Å². The quantitative estimate of drug-likeness (QED) is 0.711. The molecule has 0 fully saturated rings. The molecule has 0 aliphatic carbocycles. The first kappa shape index (κ1) is 16.2. The maximum absolute atomic E-state index is 11.5. The van der Waals surface area contributed by atoms with Gasteiger partial charge in [-0.2, -0.15) is 0 Å².